The van der Waals surface area contributed by atoms with E-state index in [-0.39, 0.29) is 6.04 Å². The van der Waals surface area contributed by atoms with Gasteiger partial charge in [0.25, 0.3) is 0 Å². The van der Waals surface area contributed by atoms with Crippen LogP contribution in [0.3, 0.4) is 0 Å². The Morgan fingerprint density at radius 1 is 0.969 bits per heavy atom. The molecule has 0 saturated carbocycles. The minimum absolute atomic E-state index is 0.208. The van der Waals surface area contributed by atoms with Crippen molar-refractivity contribution in [2.24, 2.45) is 0 Å². The quantitative estimate of drug-likeness (QED) is 0.474. The minimum Gasteiger partial charge on any atom is -0.378 e. The number of hydrogen-bond acceptors (Lipinski definition) is 9. The Hall–Kier alpha value is -3.79. The van der Waals surface area contributed by atoms with Gasteiger partial charge in [0, 0.05) is 42.9 Å². The maximum atomic E-state index is 5.45. The molecule has 2 N–H and O–H groups in total. The van der Waals surface area contributed by atoms with E-state index in [1.807, 2.05) is 16.7 Å². The van der Waals surface area contributed by atoms with Gasteiger partial charge in [0.1, 0.15) is 0 Å². The summed E-state index contributed by atoms with van der Waals surface area (Å²) in [6, 6.07) is 8.52. The molecule has 1 aliphatic rings. The number of ether oxygens (including phenoxy) is 1. The molecule has 0 atom stereocenters. The predicted octanol–water partition coefficient (Wildman–Crippen LogP) is 3.52. The highest BCUT2D eigenvalue weighted by molar-refractivity contribution is 5.87. The van der Waals surface area contributed by atoms with Crippen LogP contribution in [0.15, 0.2) is 49.2 Å². The molecule has 4 heterocycles. The lowest BCUT2D eigenvalue weighted by molar-refractivity contribution is 0.122. The van der Waals surface area contributed by atoms with Gasteiger partial charge in [0.2, 0.25) is 5.95 Å². The predicted molar refractivity (Wildman–Crippen MR) is 124 cm³/mol. The molecule has 164 valence electrons. The number of aromatic nitrogens is 6. The Bertz CT molecular complexity index is 1190. The van der Waals surface area contributed by atoms with Crippen molar-refractivity contribution in [3.05, 3.63) is 49.2 Å². The highest BCUT2D eigenvalue weighted by Crippen LogP contribution is 2.28. The van der Waals surface area contributed by atoms with Crippen LogP contribution in [0.1, 0.15) is 19.9 Å². The third-order valence-electron chi connectivity index (χ3n) is 5.29. The van der Waals surface area contributed by atoms with Crippen LogP contribution in [0.2, 0.25) is 0 Å². The van der Waals surface area contributed by atoms with E-state index in [1.54, 1.807) is 24.9 Å². The number of anilines is 5. The van der Waals surface area contributed by atoms with Crippen molar-refractivity contribution in [2.75, 3.05) is 41.8 Å². The molecule has 3 aromatic heterocycles. The van der Waals surface area contributed by atoms with Crippen molar-refractivity contribution in [3.63, 3.8) is 0 Å². The molecule has 32 heavy (non-hydrogen) atoms. The zero-order valence-electron chi connectivity index (χ0n) is 18.1. The highest BCUT2D eigenvalue weighted by atomic mass is 16.5. The molecule has 0 bridgehead atoms. The Morgan fingerprint density at radius 2 is 1.78 bits per heavy atom. The summed E-state index contributed by atoms with van der Waals surface area (Å²) in [4.78, 5) is 24.6. The van der Waals surface area contributed by atoms with Gasteiger partial charge in [-0.25, -0.2) is 9.97 Å². The lowest BCUT2D eigenvalue weighted by Crippen LogP contribution is -2.36. The second kappa shape index (κ2) is 8.75. The summed E-state index contributed by atoms with van der Waals surface area (Å²) in [6.45, 7) is 7.53. The first-order valence-corrected chi connectivity index (χ1v) is 10.6. The minimum atomic E-state index is 0.208. The molecule has 0 radical (unpaired) electrons. The molecule has 10 heteroatoms. The zero-order chi connectivity index (χ0) is 21.9. The maximum absolute atomic E-state index is 5.45. The summed E-state index contributed by atoms with van der Waals surface area (Å²) in [5.74, 6) is 1.62. The number of morpholine rings is 1. The Labute approximate surface area is 185 Å². The normalized spacial score (nSPS) is 14.2. The van der Waals surface area contributed by atoms with Crippen LogP contribution in [0.25, 0.3) is 11.2 Å². The molecule has 0 spiro atoms. The van der Waals surface area contributed by atoms with Gasteiger partial charge in [0.15, 0.2) is 22.8 Å². The number of nitrogens with zero attached hydrogens (tertiary/aromatic N) is 7. The average Bonchev–Trinajstić information content (AvgIpc) is 3.25. The number of fused-ring (bicyclic) bond motifs is 1. The Kier molecular flexibility index (Phi) is 5.51. The van der Waals surface area contributed by atoms with Gasteiger partial charge in [-0.05, 0) is 38.1 Å². The smallest absolute Gasteiger partial charge is 0.232 e. The van der Waals surface area contributed by atoms with Crippen LogP contribution >= 0.6 is 0 Å². The lowest BCUT2D eigenvalue weighted by Gasteiger charge is -2.28. The molecule has 1 saturated heterocycles. The summed E-state index contributed by atoms with van der Waals surface area (Å²) in [5, 5.41) is 6.54. The topological polar surface area (TPSA) is 106 Å². The monoisotopic (exact) mass is 431 g/mol. The van der Waals surface area contributed by atoms with E-state index in [4.69, 9.17) is 4.74 Å². The SMILES string of the molecule is CC(C)n1cnc2c(Nc3ccc(N4CCOCC4)cc3)nc(Nc3cnccn3)nc21. The van der Waals surface area contributed by atoms with Crippen molar-refractivity contribution >= 4 is 40.1 Å². The van der Waals surface area contributed by atoms with E-state index in [9.17, 15) is 0 Å². The molecule has 1 aliphatic heterocycles. The first kappa shape index (κ1) is 20.1. The number of rotatable bonds is 6. The molecule has 0 unspecified atom stereocenters. The lowest BCUT2D eigenvalue weighted by atomic mass is 10.2. The van der Waals surface area contributed by atoms with E-state index < -0.39 is 0 Å². The molecule has 1 aromatic carbocycles. The third kappa shape index (κ3) is 4.17. The van der Waals surface area contributed by atoms with E-state index in [0.29, 0.717) is 23.1 Å². The number of hydrogen-bond donors (Lipinski definition) is 2. The number of imidazole rings is 1. The molecule has 0 aliphatic carbocycles. The molecule has 0 amide bonds. The fourth-order valence-electron chi connectivity index (χ4n) is 3.63. The van der Waals surface area contributed by atoms with Gasteiger partial charge < -0.3 is 24.8 Å². The van der Waals surface area contributed by atoms with E-state index in [1.165, 1.54) is 5.69 Å². The van der Waals surface area contributed by atoms with Crippen molar-refractivity contribution < 1.29 is 4.74 Å². The van der Waals surface area contributed by atoms with Gasteiger partial charge in [-0.15, -0.1) is 0 Å². The zero-order valence-corrected chi connectivity index (χ0v) is 18.1. The van der Waals surface area contributed by atoms with Crippen molar-refractivity contribution in [2.45, 2.75) is 19.9 Å². The van der Waals surface area contributed by atoms with Crippen molar-refractivity contribution in [3.8, 4) is 0 Å². The van der Waals surface area contributed by atoms with E-state index >= 15 is 0 Å². The average molecular weight is 432 g/mol. The fourth-order valence-corrected chi connectivity index (χ4v) is 3.63. The van der Waals surface area contributed by atoms with Crippen LogP contribution in [0, 0.1) is 0 Å². The first-order chi connectivity index (χ1) is 15.7. The van der Waals surface area contributed by atoms with Crippen LogP contribution in [-0.2, 0) is 4.74 Å². The molecular formula is C22H25N9O. The summed E-state index contributed by atoms with van der Waals surface area (Å²) in [5.41, 5.74) is 3.56. The van der Waals surface area contributed by atoms with Gasteiger partial charge in [0.05, 0.1) is 25.7 Å². The van der Waals surface area contributed by atoms with Gasteiger partial charge in [-0.3, -0.25) is 4.98 Å². The van der Waals surface area contributed by atoms with Crippen LogP contribution < -0.4 is 15.5 Å². The van der Waals surface area contributed by atoms with Gasteiger partial charge in [-0.2, -0.15) is 9.97 Å². The molecule has 10 nitrogen and oxygen atoms in total. The maximum Gasteiger partial charge on any atom is 0.232 e. The van der Waals surface area contributed by atoms with Gasteiger partial charge in [-0.1, -0.05) is 0 Å². The van der Waals surface area contributed by atoms with Crippen molar-refractivity contribution in [1.29, 1.82) is 0 Å². The number of nitrogens with one attached hydrogen (secondary N) is 2. The van der Waals surface area contributed by atoms with E-state index in [2.05, 4.69) is 66.4 Å². The largest absolute Gasteiger partial charge is 0.378 e. The third-order valence-corrected chi connectivity index (χ3v) is 5.29. The van der Waals surface area contributed by atoms with E-state index in [0.717, 1.165) is 37.6 Å². The fraction of sp³-hybridized carbons (Fsp3) is 0.318. The van der Waals surface area contributed by atoms with Gasteiger partial charge >= 0.3 is 0 Å². The summed E-state index contributed by atoms with van der Waals surface area (Å²) < 4.78 is 7.47. The standard InChI is InChI=1S/C22H25N9O/c1-15(2)31-14-25-19-20(28-22(29-21(19)31)27-18-13-23-7-8-24-18)26-16-3-5-17(6-4-16)30-9-11-32-12-10-30/h3-8,13-15H,9-12H2,1-2H3,(H2,24,26,27,28,29). The van der Waals surface area contributed by atoms with Crippen LogP contribution in [0.5, 0.6) is 0 Å². The van der Waals surface area contributed by atoms with Crippen molar-refractivity contribution in [1.82, 2.24) is 29.5 Å². The Morgan fingerprint density at radius 3 is 2.50 bits per heavy atom. The Balaban J connectivity index is 1.46. The first-order valence-electron chi connectivity index (χ1n) is 10.6. The second-order valence-corrected chi connectivity index (χ2v) is 7.80. The highest BCUT2D eigenvalue weighted by Gasteiger charge is 2.16. The summed E-state index contributed by atoms with van der Waals surface area (Å²) in [7, 11) is 0. The van der Waals surface area contributed by atoms with Crippen LogP contribution in [-0.4, -0.2) is 55.8 Å². The second-order valence-electron chi connectivity index (χ2n) is 7.80. The van der Waals surface area contributed by atoms with Crippen LogP contribution in [0.4, 0.5) is 29.0 Å². The number of benzene rings is 1. The summed E-state index contributed by atoms with van der Waals surface area (Å²) >= 11 is 0. The molecule has 5 rings (SSSR count). The molecular weight excluding hydrogens is 406 g/mol. The molecule has 1 fully saturated rings. The molecule has 4 aromatic rings. The summed E-state index contributed by atoms with van der Waals surface area (Å²) in [6.07, 6.45) is 6.67.